The van der Waals surface area contributed by atoms with Gasteiger partial charge in [0.05, 0.1) is 14.2 Å². The Labute approximate surface area is 146 Å². The molecule has 0 saturated carbocycles. The van der Waals surface area contributed by atoms with Crippen LogP contribution in [0, 0.1) is 0 Å². The van der Waals surface area contributed by atoms with E-state index in [-0.39, 0.29) is 12.5 Å². The van der Waals surface area contributed by atoms with Crippen molar-refractivity contribution in [3.05, 3.63) is 23.8 Å². The quantitative estimate of drug-likeness (QED) is 0.706. The third-order valence-electron chi connectivity index (χ3n) is 4.20. The summed E-state index contributed by atoms with van der Waals surface area (Å²) in [7, 11) is 3.16. The normalized spacial score (nSPS) is 15.8. The van der Waals surface area contributed by atoms with Crippen LogP contribution in [-0.2, 0) is 16.0 Å². The summed E-state index contributed by atoms with van der Waals surface area (Å²) in [4.78, 5) is 36.8. The Morgan fingerprint density at radius 2 is 1.96 bits per heavy atom. The molecule has 2 rings (SSSR count). The summed E-state index contributed by atoms with van der Waals surface area (Å²) in [6, 6.07) is 4.89. The van der Waals surface area contributed by atoms with Crippen molar-refractivity contribution in [3.63, 3.8) is 0 Å². The van der Waals surface area contributed by atoms with Crippen molar-refractivity contribution >= 4 is 17.8 Å². The van der Waals surface area contributed by atoms with Crippen LogP contribution in [0.15, 0.2) is 18.2 Å². The lowest BCUT2D eigenvalue weighted by Crippen LogP contribution is -2.49. The molecule has 8 nitrogen and oxygen atoms in total. The maximum Gasteiger partial charge on any atom is 0.325 e. The fraction of sp³-hybridized carbons (Fsp3) is 0.471. The molecule has 0 atom stereocenters. The minimum atomic E-state index is -1.04. The zero-order valence-electron chi connectivity index (χ0n) is 14.8. The summed E-state index contributed by atoms with van der Waals surface area (Å²) in [6.07, 6.45) is 0.542. The van der Waals surface area contributed by atoms with E-state index in [2.05, 4.69) is 10.6 Å². The van der Waals surface area contributed by atoms with E-state index in [0.717, 1.165) is 5.56 Å². The molecule has 1 saturated heterocycles. The first-order chi connectivity index (χ1) is 11.8. The summed E-state index contributed by atoms with van der Waals surface area (Å²) in [5, 5.41) is 4.96. The van der Waals surface area contributed by atoms with Gasteiger partial charge in [-0.3, -0.25) is 14.9 Å². The number of nitrogens with one attached hydrogen (secondary N) is 2. The maximum atomic E-state index is 12.1. The van der Waals surface area contributed by atoms with Gasteiger partial charge in [0.1, 0.15) is 23.6 Å². The van der Waals surface area contributed by atoms with Gasteiger partial charge in [0.2, 0.25) is 5.91 Å². The number of hydrogen-bond donors (Lipinski definition) is 2. The number of rotatable bonds is 7. The van der Waals surface area contributed by atoms with E-state index in [4.69, 9.17) is 9.47 Å². The molecule has 8 heteroatoms. The van der Waals surface area contributed by atoms with E-state index in [1.54, 1.807) is 40.2 Å². The first-order valence-corrected chi connectivity index (χ1v) is 7.90. The van der Waals surface area contributed by atoms with Crippen LogP contribution in [0.2, 0.25) is 0 Å². The second kappa shape index (κ2) is 7.42. The average molecular weight is 349 g/mol. The molecule has 0 aliphatic carbocycles. The van der Waals surface area contributed by atoms with E-state index in [0.29, 0.717) is 24.5 Å². The van der Waals surface area contributed by atoms with Crippen molar-refractivity contribution in [3.8, 4) is 11.5 Å². The standard InChI is InChI=1S/C17H23N3O5/c1-17(2)15(22)19-16(23)20(17)10-14(21)18-8-7-11-9-12(24-3)5-6-13(11)25-4/h5-6,9H,7-8,10H2,1-4H3,(H,18,21)(H,19,22,23). The average Bonchev–Trinajstić information content (AvgIpc) is 2.76. The molecule has 4 amide bonds. The van der Waals surface area contributed by atoms with Gasteiger partial charge >= 0.3 is 6.03 Å². The molecular weight excluding hydrogens is 326 g/mol. The largest absolute Gasteiger partial charge is 0.497 e. The smallest absolute Gasteiger partial charge is 0.325 e. The van der Waals surface area contributed by atoms with Crippen LogP contribution in [0.1, 0.15) is 19.4 Å². The summed E-state index contributed by atoms with van der Waals surface area (Å²) < 4.78 is 10.5. The Kier molecular flexibility index (Phi) is 5.51. The Morgan fingerprint density at radius 1 is 1.24 bits per heavy atom. The van der Waals surface area contributed by atoms with Gasteiger partial charge in [0.25, 0.3) is 5.91 Å². The number of ether oxygens (including phenoxy) is 2. The fourth-order valence-corrected chi connectivity index (χ4v) is 2.58. The molecule has 0 bridgehead atoms. The van der Waals surface area contributed by atoms with Gasteiger partial charge in [-0.1, -0.05) is 0 Å². The molecule has 0 spiro atoms. The first kappa shape index (κ1) is 18.6. The van der Waals surface area contributed by atoms with Gasteiger partial charge in [-0.2, -0.15) is 0 Å². The molecule has 0 unspecified atom stereocenters. The van der Waals surface area contributed by atoms with Crippen molar-refractivity contribution < 1.29 is 23.9 Å². The highest BCUT2D eigenvalue weighted by Gasteiger charge is 2.46. The first-order valence-electron chi connectivity index (χ1n) is 7.90. The molecule has 1 aromatic rings. The van der Waals surface area contributed by atoms with Gasteiger partial charge < -0.3 is 19.7 Å². The Balaban J connectivity index is 1.91. The van der Waals surface area contributed by atoms with Crippen LogP contribution in [0.25, 0.3) is 0 Å². The molecule has 25 heavy (non-hydrogen) atoms. The third-order valence-corrected chi connectivity index (χ3v) is 4.20. The topological polar surface area (TPSA) is 97.0 Å². The molecule has 1 aromatic carbocycles. The van der Waals surface area contributed by atoms with Crippen LogP contribution >= 0.6 is 0 Å². The molecule has 1 heterocycles. The fourth-order valence-electron chi connectivity index (χ4n) is 2.58. The molecule has 1 fully saturated rings. The number of benzene rings is 1. The second-order valence-corrected chi connectivity index (χ2v) is 6.18. The number of hydrogen-bond acceptors (Lipinski definition) is 5. The highest BCUT2D eigenvalue weighted by molar-refractivity contribution is 6.07. The lowest BCUT2D eigenvalue weighted by molar-refractivity contribution is -0.127. The van der Waals surface area contributed by atoms with E-state index in [1.165, 1.54) is 4.90 Å². The van der Waals surface area contributed by atoms with Crippen LogP contribution in [0.3, 0.4) is 0 Å². The minimum absolute atomic E-state index is 0.181. The monoisotopic (exact) mass is 349 g/mol. The number of nitrogens with zero attached hydrogens (tertiary/aromatic N) is 1. The molecule has 136 valence electrons. The predicted molar refractivity (Wildman–Crippen MR) is 90.6 cm³/mol. The number of carbonyl (C=O) groups is 3. The van der Waals surface area contributed by atoms with Crippen molar-refractivity contribution in [2.75, 3.05) is 27.3 Å². The summed E-state index contributed by atoms with van der Waals surface area (Å²) in [5.74, 6) is 0.669. The SMILES string of the molecule is COc1ccc(OC)c(CCNC(=O)CN2C(=O)NC(=O)C2(C)C)c1. The lowest BCUT2D eigenvalue weighted by atomic mass is 10.0. The minimum Gasteiger partial charge on any atom is -0.497 e. The van der Waals surface area contributed by atoms with Gasteiger partial charge in [-0.25, -0.2) is 4.79 Å². The van der Waals surface area contributed by atoms with Crippen molar-refractivity contribution in [1.82, 2.24) is 15.5 Å². The summed E-state index contributed by atoms with van der Waals surface area (Å²) >= 11 is 0. The number of carbonyl (C=O) groups excluding carboxylic acids is 3. The molecule has 0 aromatic heterocycles. The van der Waals surface area contributed by atoms with Crippen LogP contribution in [0.5, 0.6) is 11.5 Å². The molecule has 1 aliphatic rings. The van der Waals surface area contributed by atoms with Gasteiger partial charge in [-0.15, -0.1) is 0 Å². The zero-order chi connectivity index (χ0) is 18.6. The number of imide groups is 1. The van der Waals surface area contributed by atoms with Gasteiger partial charge in [0, 0.05) is 6.54 Å². The predicted octanol–water partition coefficient (Wildman–Crippen LogP) is 0.693. The van der Waals surface area contributed by atoms with E-state index >= 15 is 0 Å². The Hall–Kier alpha value is -2.77. The molecule has 1 aliphatic heterocycles. The zero-order valence-corrected chi connectivity index (χ0v) is 14.8. The van der Waals surface area contributed by atoms with Crippen molar-refractivity contribution in [2.24, 2.45) is 0 Å². The lowest BCUT2D eigenvalue weighted by Gasteiger charge is -2.27. The second-order valence-electron chi connectivity index (χ2n) is 6.18. The number of amides is 4. The van der Waals surface area contributed by atoms with Crippen LogP contribution in [0.4, 0.5) is 4.79 Å². The Bertz CT molecular complexity index is 687. The Morgan fingerprint density at radius 3 is 2.52 bits per heavy atom. The summed E-state index contributed by atoms with van der Waals surface area (Å²) in [6.45, 7) is 3.38. The number of methoxy groups -OCH3 is 2. The van der Waals surface area contributed by atoms with Crippen LogP contribution < -0.4 is 20.1 Å². The molecular formula is C17H23N3O5. The van der Waals surface area contributed by atoms with Gasteiger partial charge in [0.15, 0.2) is 0 Å². The van der Waals surface area contributed by atoms with E-state index in [1.807, 2.05) is 6.07 Å². The molecule has 0 radical (unpaired) electrons. The van der Waals surface area contributed by atoms with Crippen molar-refractivity contribution in [1.29, 1.82) is 0 Å². The number of urea groups is 1. The summed E-state index contributed by atoms with van der Waals surface area (Å²) in [5.41, 5.74) is -0.138. The van der Waals surface area contributed by atoms with Crippen LogP contribution in [-0.4, -0.2) is 55.6 Å². The van der Waals surface area contributed by atoms with Gasteiger partial charge in [-0.05, 0) is 44.0 Å². The highest BCUT2D eigenvalue weighted by atomic mass is 16.5. The van der Waals surface area contributed by atoms with E-state index in [9.17, 15) is 14.4 Å². The van der Waals surface area contributed by atoms with E-state index < -0.39 is 17.5 Å². The highest BCUT2D eigenvalue weighted by Crippen LogP contribution is 2.24. The maximum absolute atomic E-state index is 12.1. The van der Waals surface area contributed by atoms with Crippen molar-refractivity contribution in [2.45, 2.75) is 25.8 Å². The molecule has 2 N–H and O–H groups in total. The third kappa shape index (κ3) is 4.01.